The molecule has 1 aromatic carbocycles. The molecule has 150 valence electrons. The smallest absolute Gasteiger partial charge is 0.193 e. The average molecular weight is 377 g/mol. The summed E-state index contributed by atoms with van der Waals surface area (Å²) in [5, 5.41) is 0. The van der Waals surface area contributed by atoms with Gasteiger partial charge >= 0.3 is 0 Å². The van der Waals surface area contributed by atoms with E-state index in [1.54, 1.807) is 12.2 Å². The molecule has 0 fully saturated rings. The van der Waals surface area contributed by atoms with E-state index in [1.807, 2.05) is 25.1 Å². The zero-order chi connectivity index (χ0) is 21.1. The lowest BCUT2D eigenvalue weighted by Gasteiger charge is -2.14. The van der Waals surface area contributed by atoms with Crippen LogP contribution in [0.3, 0.4) is 0 Å². The largest absolute Gasteiger partial charge is 0.289 e. The summed E-state index contributed by atoms with van der Waals surface area (Å²) in [5.74, 6) is 0.0154. The lowest BCUT2D eigenvalue weighted by atomic mass is 9.90. The van der Waals surface area contributed by atoms with Crippen LogP contribution in [0.1, 0.15) is 74.9 Å². The number of allylic oxidation sites excluding steroid dienone is 8. The average Bonchev–Trinajstić information content (AvgIpc) is 2.66. The molecule has 0 spiro atoms. The monoisotopic (exact) mass is 376 g/mol. The van der Waals surface area contributed by atoms with E-state index in [0.717, 1.165) is 36.8 Å². The highest BCUT2D eigenvalue weighted by Crippen LogP contribution is 2.25. The fraction of sp³-hybridized carbons (Fsp3) is 0.370. The van der Waals surface area contributed by atoms with Gasteiger partial charge in [0.2, 0.25) is 0 Å². The third kappa shape index (κ3) is 6.96. The van der Waals surface area contributed by atoms with Crippen LogP contribution in [-0.4, -0.2) is 5.78 Å². The van der Waals surface area contributed by atoms with Crippen molar-refractivity contribution >= 4 is 5.78 Å². The Kier molecular flexibility index (Phi) is 10.2. The molecule has 1 aliphatic rings. The summed E-state index contributed by atoms with van der Waals surface area (Å²) in [5.41, 5.74) is 7.43. The van der Waals surface area contributed by atoms with Crippen LogP contribution in [0.4, 0.5) is 0 Å². The van der Waals surface area contributed by atoms with E-state index in [0.29, 0.717) is 5.57 Å². The van der Waals surface area contributed by atoms with Gasteiger partial charge in [0.25, 0.3) is 0 Å². The maximum Gasteiger partial charge on any atom is 0.193 e. The van der Waals surface area contributed by atoms with Crippen LogP contribution < -0.4 is 0 Å². The molecule has 0 saturated heterocycles. The van der Waals surface area contributed by atoms with Gasteiger partial charge in [0.05, 0.1) is 0 Å². The first-order chi connectivity index (χ1) is 13.3. The van der Waals surface area contributed by atoms with Crippen molar-refractivity contribution in [2.24, 2.45) is 0 Å². The minimum atomic E-state index is 0.0154. The van der Waals surface area contributed by atoms with Crippen molar-refractivity contribution in [1.82, 2.24) is 0 Å². The lowest BCUT2D eigenvalue weighted by Crippen LogP contribution is -2.06. The van der Waals surface area contributed by atoms with Gasteiger partial charge in [0, 0.05) is 11.1 Å². The van der Waals surface area contributed by atoms with Crippen LogP contribution in [0.5, 0.6) is 0 Å². The van der Waals surface area contributed by atoms with E-state index in [1.165, 1.54) is 28.7 Å². The molecular formula is C27H36O. The van der Waals surface area contributed by atoms with E-state index in [-0.39, 0.29) is 5.78 Å². The maximum absolute atomic E-state index is 12.8. The van der Waals surface area contributed by atoms with E-state index < -0.39 is 0 Å². The van der Waals surface area contributed by atoms with Crippen LogP contribution in [0.25, 0.3) is 0 Å². The first-order valence-corrected chi connectivity index (χ1v) is 10.3. The molecule has 1 nitrogen and oxygen atoms in total. The van der Waals surface area contributed by atoms with Gasteiger partial charge in [-0.3, -0.25) is 4.79 Å². The molecule has 28 heavy (non-hydrogen) atoms. The number of rotatable bonds is 7. The highest BCUT2D eigenvalue weighted by molar-refractivity contribution is 6.11. The molecule has 0 N–H and O–H groups in total. The van der Waals surface area contributed by atoms with Crippen molar-refractivity contribution in [1.29, 1.82) is 0 Å². The van der Waals surface area contributed by atoms with Crippen LogP contribution in [0.15, 0.2) is 78.0 Å². The zero-order valence-corrected chi connectivity index (χ0v) is 18.4. The Balaban J connectivity index is 0.00000122. The molecule has 0 radical (unpaired) electrons. The first-order valence-electron chi connectivity index (χ1n) is 10.3. The molecule has 0 amide bonds. The van der Waals surface area contributed by atoms with Crippen molar-refractivity contribution in [2.75, 3.05) is 0 Å². The minimum Gasteiger partial charge on any atom is -0.289 e. The number of Topliss-reactive ketones (excluding diaryl/α,β-unsaturated/α-hetero) is 1. The van der Waals surface area contributed by atoms with Gasteiger partial charge in [-0.15, -0.1) is 0 Å². The number of carbonyl (C=O) groups excluding carboxylic acids is 1. The number of benzene rings is 1. The number of aryl methyl sites for hydroxylation is 2. The van der Waals surface area contributed by atoms with Gasteiger partial charge in [-0.05, 0) is 74.8 Å². The molecule has 1 heteroatoms. The van der Waals surface area contributed by atoms with E-state index in [9.17, 15) is 4.79 Å². The van der Waals surface area contributed by atoms with E-state index >= 15 is 0 Å². The summed E-state index contributed by atoms with van der Waals surface area (Å²) in [7, 11) is 0. The molecule has 0 aliphatic heterocycles. The van der Waals surface area contributed by atoms with Gasteiger partial charge in [-0.1, -0.05) is 75.4 Å². The van der Waals surface area contributed by atoms with Crippen molar-refractivity contribution in [2.45, 2.75) is 66.7 Å². The van der Waals surface area contributed by atoms with Crippen LogP contribution in [0.2, 0.25) is 0 Å². The lowest BCUT2D eigenvalue weighted by molar-refractivity contribution is 0.103. The SMILES string of the molecule is C=C/C=C(\C(=C)C)C(=O)c1ccc(C)c(CCC2=CCCC=C2C)c1.CCC. The number of carbonyl (C=O) groups is 1. The Labute approximate surface area is 172 Å². The molecule has 0 heterocycles. The second kappa shape index (κ2) is 12.1. The first kappa shape index (κ1) is 23.6. The second-order valence-electron chi connectivity index (χ2n) is 7.47. The predicted molar refractivity (Wildman–Crippen MR) is 124 cm³/mol. The summed E-state index contributed by atoms with van der Waals surface area (Å²) in [6.45, 7) is 18.0. The second-order valence-corrected chi connectivity index (χ2v) is 7.47. The van der Waals surface area contributed by atoms with Gasteiger partial charge in [-0.2, -0.15) is 0 Å². The van der Waals surface area contributed by atoms with E-state index in [2.05, 4.69) is 53.0 Å². The van der Waals surface area contributed by atoms with Gasteiger partial charge in [-0.25, -0.2) is 0 Å². The molecule has 0 atom stereocenters. The van der Waals surface area contributed by atoms with Gasteiger partial charge in [0.1, 0.15) is 0 Å². The summed E-state index contributed by atoms with van der Waals surface area (Å²) >= 11 is 0. The Morgan fingerprint density at radius 1 is 1.11 bits per heavy atom. The Morgan fingerprint density at radius 2 is 1.75 bits per heavy atom. The van der Waals surface area contributed by atoms with Crippen LogP contribution in [0, 0.1) is 6.92 Å². The quantitative estimate of drug-likeness (QED) is 0.269. The maximum atomic E-state index is 12.8. The van der Waals surface area contributed by atoms with Crippen molar-refractivity contribution in [3.05, 3.63) is 94.6 Å². The standard InChI is InChI=1S/C24H28O.C3H8/c1-6-9-23(17(2)3)24(25)22-13-12-19(5)21(16-22)15-14-20-11-8-7-10-18(20)4;1-3-2/h6,9-13,16H,1-2,7-8,14-15H2,3-5H3;3H2,1-2H3/b23-9+;. The highest BCUT2D eigenvalue weighted by atomic mass is 16.1. The van der Waals surface area contributed by atoms with Crippen molar-refractivity contribution in [3.63, 3.8) is 0 Å². The Bertz CT molecular complexity index is 800. The highest BCUT2D eigenvalue weighted by Gasteiger charge is 2.14. The van der Waals surface area contributed by atoms with Crippen molar-refractivity contribution < 1.29 is 4.79 Å². The van der Waals surface area contributed by atoms with Gasteiger partial charge in [0.15, 0.2) is 5.78 Å². The summed E-state index contributed by atoms with van der Waals surface area (Å²) < 4.78 is 0. The number of hydrogen-bond donors (Lipinski definition) is 0. The third-order valence-corrected chi connectivity index (χ3v) is 4.78. The number of ketones is 1. The van der Waals surface area contributed by atoms with Crippen LogP contribution in [-0.2, 0) is 6.42 Å². The topological polar surface area (TPSA) is 17.1 Å². The molecule has 0 bridgehead atoms. The van der Waals surface area contributed by atoms with Crippen molar-refractivity contribution in [3.8, 4) is 0 Å². The molecule has 2 rings (SSSR count). The normalized spacial score (nSPS) is 13.7. The third-order valence-electron chi connectivity index (χ3n) is 4.78. The summed E-state index contributed by atoms with van der Waals surface area (Å²) in [6, 6.07) is 6.00. The molecule has 1 aliphatic carbocycles. The fourth-order valence-electron chi connectivity index (χ4n) is 3.19. The van der Waals surface area contributed by atoms with E-state index in [4.69, 9.17) is 0 Å². The molecule has 1 aromatic rings. The van der Waals surface area contributed by atoms with Gasteiger partial charge < -0.3 is 0 Å². The Morgan fingerprint density at radius 3 is 2.32 bits per heavy atom. The number of hydrogen-bond acceptors (Lipinski definition) is 1. The molecule has 0 unspecified atom stereocenters. The molecular weight excluding hydrogens is 340 g/mol. The molecule has 0 aromatic heterocycles. The minimum absolute atomic E-state index is 0.0154. The Hall–Kier alpha value is -2.41. The summed E-state index contributed by atoms with van der Waals surface area (Å²) in [4.78, 5) is 12.8. The summed E-state index contributed by atoms with van der Waals surface area (Å²) in [6.07, 6.45) is 13.6. The fourth-order valence-corrected chi connectivity index (χ4v) is 3.19. The zero-order valence-electron chi connectivity index (χ0n) is 18.4. The molecule has 0 saturated carbocycles. The predicted octanol–water partition coefficient (Wildman–Crippen LogP) is 7.88. The van der Waals surface area contributed by atoms with Crippen LogP contribution >= 0.6 is 0 Å².